The molecule has 2 fully saturated rings. The number of thiophene rings is 1. The third-order valence-electron chi connectivity index (χ3n) is 9.62. The SMILES string of the molecule is [C-]#[N+]c1c(N)sc2c(F)ccc(-c3c(Cl)c4c5c(nc(O[C@@H](C)[C@@H]6CCCN6C)nc5c3F)OC(C3CCN(C(=O)NC(C)C)C3)CO4)c12. The predicted molar refractivity (Wildman–Crippen MR) is 185 cm³/mol. The van der Waals surface area contributed by atoms with Crippen LogP contribution in [0.3, 0.4) is 0 Å². The van der Waals surface area contributed by atoms with E-state index >= 15 is 8.78 Å². The average Bonchev–Trinajstić information content (AvgIpc) is 3.77. The number of likely N-dealkylation sites (N-methyl/N-ethyl adjacent to an activating group) is 1. The minimum Gasteiger partial charge on any atom is -0.487 e. The molecule has 0 bridgehead atoms. The number of halogens is 3. The summed E-state index contributed by atoms with van der Waals surface area (Å²) in [6.07, 6.45) is 1.72. The molecule has 49 heavy (non-hydrogen) atoms. The van der Waals surface area contributed by atoms with Crippen molar-refractivity contribution in [1.82, 2.24) is 25.1 Å². The topological polar surface area (TPSA) is 119 Å². The molecule has 0 aliphatic carbocycles. The van der Waals surface area contributed by atoms with Crippen LogP contribution >= 0.6 is 22.9 Å². The molecule has 4 atom stereocenters. The van der Waals surface area contributed by atoms with Crippen LogP contribution in [0.5, 0.6) is 17.6 Å². The van der Waals surface area contributed by atoms with Crippen LogP contribution in [0.4, 0.5) is 24.3 Å². The Bertz CT molecular complexity index is 2020. The van der Waals surface area contributed by atoms with Gasteiger partial charge in [0, 0.05) is 42.0 Å². The lowest BCUT2D eigenvalue weighted by Crippen LogP contribution is -2.43. The third kappa shape index (κ3) is 5.81. The highest BCUT2D eigenvalue weighted by Crippen LogP contribution is 2.52. The Morgan fingerprint density at radius 3 is 2.73 bits per heavy atom. The minimum absolute atomic E-state index is 0.00874. The summed E-state index contributed by atoms with van der Waals surface area (Å²) in [7, 11) is 2.03. The van der Waals surface area contributed by atoms with E-state index in [1.54, 1.807) is 4.90 Å². The van der Waals surface area contributed by atoms with E-state index in [2.05, 4.69) is 25.0 Å². The number of nitrogens with one attached hydrogen (secondary N) is 1. The first-order valence-corrected chi connectivity index (χ1v) is 17.5. The lowest BCUT2D eigenvalue weighted by Gasteiger charge is -2.26. The molecule has 2 aromatic carbocycles. The summed E-state index contributed by atoms with van der Waals surface area (Å²) in [6.45, 7) is 15.4. The Morgan fingerprint density at radius 1 is 1.22 bits per heavy atom. The number of carbonyl (C=O) groups excluding carboxylic acids is 1. The fourth-order valence-corrected chi connectivity index (χ4v) is 8.46. The maximum Gasteiger partial charge on any atom is 0.320 e. The molecule has 5 heterocycles. The van der Waals surface area contributed by atoms with E-state index < -0.39 is 17.7 Å². The fraction of sp³-hybridized carbons (Fsp3) is 0.471. The van der Waals surface area contributed by atoms with Crippen molar-refractivity contribution >= 4 is 60.6 Å². The highest BCUT2D eigenvalue weighted by Gasteiger charge is 2.39. The summed E-state index contributed by atoms with van der Waals surface area (Å²) in [4.78, 5) is 29.5. The second-order valence-corrected chi connectivity index (χ2v) is 14.6. The van der Waals surface area contributed by atoms with Gasteiger partial charge in [-0.05, 0) is 65.3 Å². The Labute approximate surface area is 291 Å². The van der Waals surface area contributed by atoms with E-state index in [1.165, 1.54) is 12.1 Å². The van der Waals surface area contributed by atoms with Gasteiger partial charge in [-0.25, -0.2) is 18.4 Å². The zero-order valence-corrected chi connectivity index (χ0v) is 29.1. The Kier molecular flexibility index (Phi) is 8.79. The summed E-state index contributed by atoms with van der Waals surface area (Å²) >= 11 is 7.93. The molecule has 2 amide bonds. The van der Waals surface area contributed by atoms with Gasteiger partial charge in [-0.1, -0.05) is 17.7 Å². The average molecular weight is 712 g/mol. The van der Waals surface area contributed by atoms with Gasteiger partial charge in [0.25, 0.3) is 0 Å². The number of likely N-dealkylation sites (tertiary alicyclic amines) is 2. The second-order valence-electron chi connectivity index (χ2n) is 13.2. The van der Waals surface area contributed by atoms with Crippen molar-refractivity contribution in [1.29, 1.82) is 0 Å². The van der Waals surface area contributed by atoms with Gasteiger partial charge in [0.2, 0.25) is 11.6 Å². The zero-order valence-electron chi connectivity index (χ0n) is 27.5. The maximum atomic E-state index is 17.1. The number of ether oxygens (including phenoxy) is 3. The Balaban J connectivity index is 1.36. The number of amides is 2. The molecule has 2 unspecified atom stereocenters. The van der Waals surface area contributed by atoms with E-state index in [-0.39, 0.29) is 102 Å². The van der Waals surface area contributed by atoms with E-state index in [9.17, 15) is 4.79 Å². The van der Waals surface area contributed by atoms with Crippen LogP contribution in [0.2, 0.25) is 5.02 Å². The largest absolute Gasteiger partial charge is 0.487 e. The normalized spacial score (nSPS) is 21.4. The van der Waals surface area contributed by atoms with E-state index in [1.807, 2.05) is 27.8 Å². The smallest absolute Gasteiger partial charge is 0.320 e. The standard InChI is InChI=1S/C34H36ClF2N7O4S/c1-15(2)40-34(45)44-12-10-17(13-44)21-14-46-29-24-27(41-33(42-32(24)48-21)47-16(3)20-7-6-11-43(20)5)26(37)22(25(29)35)18-8-9-19(36)30-23(18)28(39-4)31(38)49-30/h8-9,15-17,20-21H,6-7,10-14,38H2,1-3,5H3,(H,40,45)/t16-,17?,20-,21?/m0/s1. The number of aromatic nitrogens is 2. The van der Waals surface area contributed by atoms with Crippen LogP contribution in [-0.4, -0.2) is 83.4 Å². The van der Waals surface area contributed by atoms with Crippen LogP contribution < -0.4 is 25.3 Å². The zero-order chi connectivity index (χ0) is 34.7. The summed E-state index contributed by atoms with van der Waals surface area (Å²) in [5.41, 5.74) is 6.02. The summed E-state index contributed by atoms with van der Waals surface area (Å²) < 4.78 is 51.3. The minimum atomic E-state index is -0.834. The molecule has 0 spiro atoms. The van der Waals surface area contributed by atoms with Gasteiger partial charge in [0.05, 0.1) is 21.3 Å². The van der Waals surface area contributed by atoms with Crippen LogP contribution in [0.15, 0.2) is 12.1 Å². The molecule has 0 saturated carbocycles. The van der Waals surface area contributed by atoms with Crippen LogP contribution in [0, 0.1) is 24.1 Å². The van der Waals surface area contributed by atoms with Crippen molar-refractivity contribution in [3.05, 3.63) is 40.2 Å². The summed E-state index contributed by atoms with van der Waals surface area (Å²) in [5, 5.41) is 3.22. The second kappa shape index (κ2) is 12.9. The molecule has 3 aliphatic rings. The Morgan fingerprint density at radius 2 is 2.02 bits per heavy atom. The molecule has 15 heteroatoms. The third-order valence-corrected chi connectivity index (χ3v) is 11.0. The number of nitrogens with two attached hydrogens (primary N) is 1. The molecule has 3 aliphatic heterocycles. The molecule has 2 saturated heterocycles. The van der Waals surface area contributed by atoms with Crippen molar-refractivity contribution in [3.8, 4) is 28.8 Å². The number of rotatable bonds is 6. The number of hydrogen-bond acceptors (Lipinski definition) is 9. The van der Waals surface area contributed by atoms with Crippen molar-refractivity contribution in [2.75, 3.05) is 39.0 Å². The van der Waals surface area contributed by atoms with Crippen molar-refractivity contribution < 1.29 is 27.8 Å². The molecule has 4 aromatic rings. The number of urea groups is 1. The number of carbonyl (C=O) groups is 1. The number of fused-ring (bicyclic) bond motifs is 1. The van der Waals surface area contributed by atoms with Gasteiger partial charge in [-0.15, -0.1) is 11.3 Å². The molecular formula is C34H36ClF2N7O4S. The highest BCUT2D eigenvalue weighted by atomic mass is 35.5. The van der Waals surface area contributed by atoms with Crippen molar-refractivity contribution in [2.24, 2.45) is 5.92 Å². The van der Waals surface area contributed by atoms with Crippen LogP contribution in [-0.2, 0) is 0 Å². The first-order chi connectivity index (χ1) is 23.5. The molecule has 258 valence electrons. The van der Waals surface area contributed by atoms with E-state index in [0.29, 0.717) is 19.5 Å². The summed E-state index contributed by atoms with van der Waals surface area (Å²) in [5.74, 6) is -1.40. The van der Waals surface area contributed by atoms with Gasteiger partial charge >= 0.3 is 12.0 Å². The van der Waals surface area contributed by atoms with Crippen LogP contribution in [0.1, 0.15) is 40.0 Å². The molecule has 7 rings (SSSR count). The number of anilines is 1. The lowest BCUT2D eigenvalue weighted by molar-refractivity contribution is 0.0824. The number of hydrogen-bond donors (Lipinski definition) is 2. The first kappa shape index (κ1) is 33.3. The Hall–Kier alpha value is -4.19. The fourth-order valence-electron chi connectivity index (χ4n) is 7.19. The molecular weight excluding hydrogens is 676 g/mol. The highest BCUT2D eigenvalue weighted by molar-refractivity contribution is 7.23. The van der Waals surface area contributed by atoms with Crippen molar-refractivity contribution in [3.63, 3.8) is 0 Å². The van der Waals surface area contributed by atoms with E-state index in [0.717, 1.165) is 30.7 Å². The molecule has 0 radical (unpaired) electrons. The number of nitrogen functional groups attached to an aromatic ring is 1. The van der Waals surface area contributed by atoms with Gasteiger partial charge in [0.15, 0.2) is 11.6 Å². The quantitative estimate of drug-likeness (QED) is 0.205. The van der Waals surface area contributed by atoms with Gasteiger partial charge in [-0.2, -0.15) is 9.97 Å². The predicted octanol–water partition coefficient (Wildman–Crippen LogP) is 7.02. The number of benzene rings is 2. The monoisotopic (exact) mass is 711 g/mol. The first-order valence-electron chi connectivity index (χ1n) is 16.3. The molecule has 11 nitrogen and oxygen atoms in total. The molecule has 3 N–H and O–H groups in total. The van der Waals surface area contributed by atoms with Gasteiger partial charge in [-0.3, -0.25) is 4.90 Å². The lowest BCUT2D eigenvalue weighted by atomic mass is 9.98. The van der Waals surface area contributed by atoms with Gasteiger partial charge in [0.1, 0.15) is 35.5 Å². The van der Waals surface area contributed by atoms with Crippen LogP contribution in [0.25, 0.3) is 37.0 Å². The number of nitrogens with zero attached hydrogens (tertiary/aromatic N) is 5. The molecule has 2 aromatic heterocycles. The maximum absolute atomic E-state index is 17.1. The van der Waals surface area contributed by atoms with Crippen molar-refractivity contribution in [2.45, 2.75) is 64.3 Å². The van der Waals surface area contributed by atoms with Gasteiger partial charge < -0.3 is 30.2 Å². The summed E-state index contributed by atoms with van der Waals surface area (Å²) in [6, 6.07) is 2.44. The van der Waals surface area contributed by atoms with E-state index in [4.69, 9.17) is 38.1 Å².